The average Bonchev–Trinajstić information content (AvgIpc) is 2.79. The second kappa shape index (κ2) is 5.83. The van der Waals surface area contributed by atoms with Gasteiger partial charge in [-0.05, 0) is 47.0 Å². The highest BCUT2D eigenvalue weighted by molar-refractivity contribution is 9.10. The summed E-state index contributed by atoms with van der Waals surface area (Å²) in [5.74, 6) is -1.29. The maximum absolute atomic E-state index is 11.1. The number of carboxylic acids is 1. The van der Waals surface area contributed by atoms with Crippen molar-refractivity contribution in [2.75, 3.05) is 5.32 Å². The van der Waals surface area contributed by atoms with Crippen LogP contribution in [0.15, 0.2) is 22.7 Å². The lowest BCUT2D eigenvalue weighted by molar-refractivity contribution is -0.138. The molecule has 1 aromatic carbocycles. The zero-order valence-corrected chi connectivity index (χ0v) is 12.6. The summed E-state index contributed by atoms with van der Waals surface area (Å²) in [6, 6.07) is 5.04. The molecule has 1 fully saturated rings. The molecule has 0 radical (unpaired) electrons. The Kier molecular flexibility index (Phi) is 4.32. The molecule has 108 valence electrons. The molecule has 0 saturated heterocycles. The zero-order chi connectivity index (χ0) is 14.8. The normalized spacial score (nSPS) is 16.9. The molecule has 1 aromatic rings. The molecule has 0 unspecified atom stereocenters. The van der Waals surface area contributed by atoms with Crippen LogP contribution < -0.4 is 11.1 Å². The molecule has 0 aromatic heterocycles. The Morgan fingerprint density at radius 2 is 2.00 bits per heavy atom. The highest BCUT2D eigenvalue weighted by atomic mass is 79.9. The van der Waals surface area contributed by atoms with E-state index in [1.807, 2.05) is 0 Å². The predicted octanol–water partition coefficient (Wildman–Crippen LogP) is 2.75. The minimum absolute atomic E-state index is 0.0943. The van der Waals surface area contributed by atoms with Gasteiger partial charge in [0.2, 0.25) is 5.91 Å². The van der Waals surface area contributed by atoms with E-state index in [-0.39, 0.29) is 6.42 Å². The summed E-state index contributed by atoms with van der Waals surface area (Å²) < 4.78 is 0.713. The minimum atomic E-state index is -0.802. The number of carboxylic acid groups (broad SMARTS) is 1. The van der Waals surface area contributed by atoms with E-state index < -0.39 is 17.4 Å². The third kappa shape index (κ3) is 3.30. The summed E-state index contributed by atoms with van der Waals surface area (Å²) in [6.07, 6.45) is 3.82. The van der Waals surface area contributed by atoms with Crippen LogP contribution in [-0.2, 0) is 4.79 Å². The van der Waals surface area contributed by atoms with Gasteiger partial charge in [-0.2, -0.15) is 0 Å². The van der Waals surface area contributed by atoms with Crippen molar-refractivity contribution in [3.63, 3.8) is 0 Å². The van der Waals surface area contributed by atoms with E-state index in [0.29, 0.717) is 10.0 Å². The fraction of sp³-hybridized carbons (Fsp3) is 0.429. The van der Waals surface area contributed by atoms with Crippen molar-refractivity contribution in [2.24, 2.45) is 5.73 Å². The van der Waals surface area contributed by atoms with Crippen LogP contribution in [0.1, 0.15) is 42.5 Å². The van der Waals surface area contributed by atoms with Crippen molar-refractivity contribution in [1.82, 2.24) is 0 Å². The molecule has 5 nitrogen and oxygen atoms in total. The Morgan fingerprint density at radius 1 is 1.35 bits per heavy atom. The fourth-order valence-corrected chi connectivity index (χ4v) is 3.22. The van der Waals surface area contributed by atoms with Crippen molar-refractivity contribution in [3.8, 4) is 0 Å². The number of benzene rings is 1. The number of hydrogen-bond donors (Lipinski definition) is 3. The summed E-state index contributed by atoms with van der Waals surface area (Å²) in [5.41, 5.74) is 6.04. The van der Waals surface area contributed by atoms with Gasteiger partial charge in [0.25, 0.3) is 0 Å². The number of rotatable bonds is 5. The molecule has 0 bridgehead atoms. The molecule has 20 heavy (non-hydrogen) atoms. The van der Waals surface area contributed by atoms with Crippen LogP contribution in [-0.4, -0.2) is 22.5 Å². The standard InChI is InChI=1S/C14H17BrN2O3/c15-10-7-9(13(16)20)3-4-11(10)17-14(8-12(18)19)5-1-2-6-14/h3-4,7,17H,1-2,5-6,8H2,(H2,16,20)(H,18,19). The smallest absolute Gasteiger partial charge is 0.305 e. The van der Waals surface area contributed by atoms with Gasteiger partial charge < -0.3 is 16.2 Å². The van der Waals surface area contributed by atoms with Crippen molar-refractivity contribution in [2.45, 2.75) is 37.6 Å². The Labute approximate surface area is 125 Å². The molecule has 1 aliphatic rings. The lowest BCUT2D eigenvalue weighted by Gasteiger charge is -2.30. The lowest BCUT2D eigenvalue weighted by atomic mass is 9.92. The number of carbonyl (C=O) groups excluding carboxylic acids is 1. The van der Waals surface area contributed by atoms with Crippen LogP contribution in [0.25, 0.3) is 0 Å². The van der Waals surface area contributed by atoms with Crippen LogP contribution in [0.4, 0.5) is 5.69 Å². The molecule has 0 aliphatic heterocycles. The van der Waals surface area contributed by atoms with E-state index in [9.17, 15) is 9.59 Å². The number of aliphatic carboxylic acids is 1. The predicted molar refractivity (Wildman–Crippen MR) is 79.7 cm³/mol. The molecular weight excluding hydrogens is 324 g/mol. The SMILES string of the molecule is NC(=O)c1ccc(NC2(CC(=O)O)CCCC2)c(Br)c1. The summed E-state index contributed by atoms with van der Waals surface area (Å²) >= 11 is 3.40. The number of halogens is 1. The van der Waals surface area contributed by atoms with Gasteiger partial charge in [-0.15, -0.1) is 0 Å². The molecule has 0 atom stereocenters. The Bertz CT molecular complexity index is 539. The van der Waals surface area contributed by atoms with E-state index in [1.165, 1.54) is 0 Å². The maximum Gasteiger partial charge on any atom is 0.305 e. The molecule has 1 aliphatic carbocycles. The maximum atomic E-state index is 11.1. The number of nitrogens with two attached hydrogens (primary N) is 1. The topological polar surface area (TPSA) is 92.4 Å². The number of hydrogen-bond acceptors (Lipinski definition) is 3. The zero-order valence-electron chi connectivity index (χ0n) is 11.0. The monoisotopic (exact) mass is 340 g/mol. The van der Waals surface area contributed by atoms with Crippen molar-refractivity contribution in [3.05, 3.63) is 28.2 Å². The Hall–Kier alpha value is -1.56. The molecule has 1 amide bonds. The van der Waals surface area contributed by atoms with Crippen LogP contribution >= 0.6 is 15.9 Å². The Morgan fingerprint density at radius 3 is 2.50 bits per heavy atom. The molecule has 0 heterocycles. The largest absolute Gasteiger partial charge is 0.481 e. The number of anilines is 1. The van der Waals surface area contributed by atoms with E-state index in [4.69, 9.17) is 10.8 Å². The van der Waals surface area contributed by atoms with E-state index in [1.54, 1.807) is 18.2 Å². The van der Waals surface area contributed by atoms with Crippen molar-refractivity contribution in [1.29, 1.82) is 0 Å². The van der Waals surface area contributed by atoms with Crippen LogP contribution in [0.3, 0.4) is 0 Å². The van der Waals surface area contributed by atoms with Gasteiger partial charge >= 0.3 is 5.97 Å². The molecule has 6 heteroatoms. The first-order valence-electron chi connectivity index (χ1n) is 6.51. The average molecular weight is 341 g/mol. The third-order valence-corrected chi connectivity index (χ3v) is 4.36. The first kappa shape index (κ1) is 14.8. The highest BCUT2D eigenvalue weighted by Crippen LogP contribution is 2.38. The number of amides is 1. The van der Waals surface area contributed by atoms with E-state index >= 15 is 0 Å². The van der Waals surface area contributed by atoms with Crippen LogP contribution in [0, 0.1) is 0 Å². The summed E-state index contributed by atoms with van der Waals surface area (Å²) in [5, 5.41) is 12.4. The molecule has 2 rings (SSSR count). The van der Waals surface area contributed by atoms with Gasteiger partial charge in [-0.1, -0.05) is 12.8 Å². The second-order valence-electron chi connectivity index (χ2n) is 5.24. The highest BCUT2D eigenvalue weighted by Gasteiger charge is 2.36. The summed E-state index contributed by atoms with van der Waals surface area (Å²) in [6.45, 7) is 0. The van der Waals surface area contributed by atoms with Gasteiger partial charge in [-0.3, -0.25) is 9.59 Å². The molecule has 4 N–H and O–H groups in total. The number of nitrogens with one attached hydrogen (secondary N) is 1. The quantitative estimate of drug-likeness (QED) is 0.768. The van der Waals surface area contributed by atoms with Crippen molar-refractivity contribution < 1.29 is 14.7 Å². The molecular formula is C14H17BrN2O3. The van der Waals surface area contributed by atoms with Gasteiger partial charge in [0.15, 0.2) is 0 Å². The fourth-order valence-electron chi connectivity index (χ4n) is 2.74. The summed E-state index contributed by atoms with van der Waals surface area (Å²) in [7, 11) is 0. The second-order valence-corrected chi connectivity index (χ2v) is 6.10. The van der Waals surface area contributed by atoms with Crippen molar-refractivity contribution >= 4 is 33.5 Å². The van der Waals surface area contributed by atoms with Gasteiger partial charge in [-0.25, -0.2) is 0 Å². The number of carbonyl (C=O) groups is 2. The molecule has 1 saturated carbocycles. The lowest BCUT2D eigenvalue weighted by Crippen LogP contribution is -2.37. The molecule has 0 spiro atoms. The van der Waals surface area contributed by atoms with Gasteiger partial charge in [0.1, 0.15) is 0 Å². The van der Waals surface area contributed by atoms with E-state index in [2.05, 4.69) is 21.2 Å². The van der Waals surface area contributed by atoms with Gasteiger partial charge in [0.05, 0.1) is 6.42 Å². The minimum Gasteiger partial charge on any atom is -0.481 e. The van der Waals surface area contributed by atoms with E-state index in [0.717, 1.165) is 31.4 Å². The third-order valence-electron chi connectivity index (χ3n) is 3.70. The Balaban J connectivity index is 2.23. The number of primary amides is 1. The first-order chi connectivity index (χ1) is 9.42. The first-order valence-corrected chi connectivity index (χ1v) is 7.30. The summed E-state index contributed by atoms with van der Waals surface area (Å²) in [4.78, 5) is 22.2. The van der Waals surface area contributed by atoms with Crippen LogP contribution in [0.2, 0.25) is 0 Å². The van der Waals surface area contributed by atoms with Crippen LogP contribution in [0.5, 0.6) is 0 Å². The van der Waals surface area contributed by atoms with Gasteiger partial charge in [0, 0.05) is 21.3 Å².